The molecule has 0 aliphatic carbocycles. The number of fused-ring (bicyclic) bond motifs is 3. The van der Waals surface area contributed by atoms with Crippen LogP contribution in [0.5, 0.6) is 0 Å². The molecule has 5 heteroatoms. The van der Waals surface area contributed by atoms with E-state index in [4.69, 9.17) is 11.6 Å². The van der Waals surface area contributed by atoms with E-state index in [0.29, 0.717) is 0 Å². The maximum absolute atomic E-state index is 14.1. The third kappa shape index (κ3) is 3.05. The van der Waals surface area contributed by atoms with E-state index < -0.39 is 0 Å². The van der Waals surface area contributed by atoms with E-state index in [-0.39, 0.29) is 10.8 Å². The molecule has 3 aromatic rings. The molecule has 130 valence electrons. The summed E-state index contributed by atoms with van der Waals surface area (Å²) in [7, 11) is 2.12. The second-order valence-corrected chi connectivity index (χ2v) is 7.31. The lowest BCUT2D eigenvalue weighted by Crippen LogP contribution is -2.27. The lowest BCUT2D eigenvalue weighted by Gasteiger charge is -2.24. The van der Waals surface area contributed by atoms with Gasteiger partial charge in [-0.05, 0) is 49.7 Å². The van der Waals surface area contributed by atoms with Crippen molar-refractivity contribution in [3.8, 4) is 0 Å². The molecule has 0 saturated heterocycles. The van der Waals surface area contributed by atoms with Crippen LogP contribution in [0.4, 0.5) is 4.39 Å². The van der Waals surface area contributed by atoms with Gasteiger partial charge in [-0.15, -0.1) is 0 Å². The molecule has 3 heterocycles. The normalized spacial score (nSPS) is 14.9. The van der Waals surface area contributed by atoms with Crippen molar-refractivity contribution in [2.24, 2.45) is 0 Å². The monoisotopic (exact) mass is 357 g/mol. The van der Waals surface area contributed by atoms with E-state index in [0.717, 1.165) is 49.1 Å². The number of rotatable bonds is 3. The molecule has 4 rings (SSSR count). The molecule has 0 amide bonds. The van der Waals surface area contributed by atoms with Crippen LogP contribution in [0.2, 0.25) is 5.02 Å². The molecule has 0 spiro atoms. The second kappa shape index (κ2) is 6.43. The lowest BCUT2D eigenvalue weighted by atomic mass is 10.0. The molecule has 25 heavy (non-hydrogen) atoms. The van der Waals surface area contributed by atoms with Crippen molar-refractivity contribution in [3.63, 3.8) is 0 Å². The number of pyridine rings is 1. The number of aromatic nitrogens is 2. The van der Waals surface area contributed by atoms with E-state index in [1.165, 1.54) is 16.8 Å². The van der Waals surface area contributed by atoms with E-state index in [2.05, 4.69) is 27.6 Å². The van der Waals surface area contributed by atoms with Crippen LogP contribution in [-0.2, 0) is 25.9 Å². The molecular weight excluding hydrogens is 337 g/mol. The fourth-order valence-electron chi connectivity index (χ4n) is 3.72. The molecule has 1 aromatic carbocycles. The van der Waals surface area contributed by atoms with E-state index in [1.807, 2.05) is 19.2 Å². The number of nitrogens with zero attached hydrogens (tertiary/aromatic N) is 3. The molecule has 0 bridgehead atoms. The highest BCUT2D eigenvalue weighted by Gasteiger charge is 2.23. The van der Waals surface area contributed by atoms with Crippen LogP contribution in [0.25, 0.3) is 10.9 Å². The Morgan fingerprint density at radius 3 is 2.88 bits per heavy atom. The molecule has 0 N–H and O–H groups in total. The first kappa shape index (κ1) is 16.6. The van der Waals surface area contributed by atoms with Gasteiger partial charge in [-0.3, -0.25) is 4.98 Å². The predicted octanol–water partition coefficient (Wildman–Crippen LogP) is 4.37. The first-order chi connectivity index (χ1) is 12.0. The van der Waals surface area contributed by atoms with Gasteiger partial charge in [0.15, 0.2) is 0 Å². The molecule has 0 atom stereocenters. The van der Waals surface area contributed by atoms with Crippen LogP contribution < -0.4 is 0 Å². The zero-order chi connectivity index (χ0) is 17.6. The molecule has 0 unspecified atom stereocenters. The highest BCUT2D eigenvalue weighted by atomic mass is 35.5. The molecule has 2 aromatic heterocycles. The topological polar surface area (TPSA) is 21.1 Å². The van der Waals surface area contributed by atoms with Crippen LogP contribution in [0.1, 0.15) is 22.5 Å². The minimum Gasteiger partial charge on any atom is -0.344 e. The van der Waals surface area contributed by atoms with Crippen molar-refractivity contribution in [2.75, 3.05) is 13.6 Å². The van der Waals surface area contributed by atoms with Gasteiger partial charge in [0.1, 0.15) is 5.82 Å². The maximum Gasteiger partial charge on any atom is 0.143 e. The Bertz CT molecular complexity index is 931. The van der Waals surface area contributed by atoms with Gasteiger partial charge in [-0.2, -0.15) is 0 Å². The zero-order valence-electron chi connectivity index (χ0n) is 14.5. The van der Waals surface area contributed by atoms with Crippen LogP contribution in [0, 0.1) is 12.7 Å². The third-order valence-corrected chi connectivity index (χ3v) is 5.37. The summed E-state index contributed by atoms with van der Waals surface area (Å²) in [4.78, 5) is 6.67. The van der Waals surface area contributed by atoms with Crippen LogP contribution in [0.3, 0.4) is 0 Å². The molecule has 3 nitrogen and oxygen atoms in total. The average Bonchev–Trinajstić information content (AvgIpc) is 2.87. The first-order valence-electron chi connectivity index (χ1n) is 8.62. The molecule has 1 aliphatic rings. The quantitative estimate of drug-likeness (QED) is 0.694. The number of halogens is 2. The van der Waals surface area contributed by atoms with Crippen molar-refractivity contribution in [3.05, 3.63) is 63.8 Å². The van der Waals surface area contributed by atoms with Gasteiger partial charge in [0.2, 0.25) is 0 Å². The summed E-state index contributed by atoms with van der Waals surface area (Å²) < 4.78 is 16.4. The maximum atomic E-state index is 14.1. The van der Waals surface area contributed by atoms with Crippen molar-refractivity contribution >= 4 is 22.5 Å². The summed E-state index contributed by atoms with van der Waals surface area (Å²) in [5, 5.41) is 1.28. The average molecular weight is 358 g/mol. The first-order valence-corrected chi connectivity index (χ1v) is 9.00. The number of hydrogen-bond acceptors (Lipinski definition) is 2. The Hall–Kier alpha value is -1.91. The zero-order valence-corrected chi connectivity index (χ0v) is 15.3. The molecule has 0 saturated carbocycles. The van der Waals surface area contributed by atoms with Gasteiger partial charge in [0, 0.05) is 49.0 Å². The van der Waals surface area contributed by atoms with Crippen molar-refractivity contribution < 1.29 is 4.39 Å². The molecule has 1 aliphatic heterocycles. The number of aryl methyl sites for hydroxylation is 3. The Morgan fingerprint density at radius 2 is 2.12 bits per heavy atom. The molecule has 0 fully saturated rings. The minimum absolute atomic E-state index is 0.198. The Kier molecular flexibility index (Phi) is 4.26. The SMILES string of the molecule is Cc1ccc(CCn2c3c(c4cc(Cl)c(F)cc42)CN(C)CC3)cn1. The van der Waals surface area contributed by atoms with Crippen molar-refractivity contribution in [1.29, 1.82) is 0 Å². The van der Waals surface area contributed by atoms with Gasteiger partial charge in [-0.25, -0.2) is 4.39 Å². The van der Waals surface area contributed by atoms with Gasteiger partial charge < -0.3 is 9.47 Å². The van der Waals surface area contributed by atoms with Crippen LogP contribution in [-0.4, -0.2) is 28.0 Å². The summed E-state index contributed by atoms with van der Waals surface area (Å²) in [6.45, 7) is 4.71. The summed E-state index contributed by atoms with van der Waals surface area (Å²) in [6, 6.07) is 7.52. The largest absolute Gasteiger partial charge is 0.344 e. The molecular formula is C20H21ClFN3. The van der Waals surface area contributed by atoms with Gasteiger partial charge in [0.05, 0.1) is 10.5 Å². The van der Waals surface area contributed by atoms with Gasteiger partial charge >= 0.3 is 0 Å². The fraction of sp³-hybridized carbons (Fsp3) is 0.350. The highest BCUT2D eigenvalue weighted by molar-refractivity contribution is 6.31. The number of benzene rings is 1. The fourth-order valence-corrected chi connectivity index (χ4v) is 3.88. The standard InChI is InChI=1S/C20H21ClFN3/c1-13-3-4-14(11-23-13)5-8-25-19-6-7-24(2)12-16(19)15-9-17(21)18(22)10-20(15)25/h3-4,9-11H,5-8,12H2,1-2H3. The molecule has 0 radical (unpaired) electrons. The minimum atomic E-state index is -0.351. The Morgan fingerprint density at radius 1 is 1.28 bits per heavy atom. The van der Waals surface area contributed by atoms with Crippen LogP contribution in [0.15, 0.2) is 30.5 Å². The van der Waals surface area contributed by atoms with Crippen molar-refractivity contribution in [2.45, 2.75) is 32.9 Å². The summed E-state index contributed by atoms with van der Waals surface area (Å²) in [5.41, 5.74) is 5.76. The van der Waals surface area contributed by atoms with E-state index in [9.17, 15) is 4.39 Å². The van der Waals surface area contributed by atoms with Gasteiger partial charge in [-0.1, -0.05) is 17.7 Å². The Labute approximate surface area is 152 Å². The highest BCUT2D eigenvalue weighted by Crippen LogP contribution is 2.33. The van der Waals surface area contributed by atoms with E-state index in [1.54, 1.807) is 12.1 Å². The second-order valence-electron chi connectivity index (χ2n) is 6.91. The smallest absolute Gasteiger partial charge is 0.143 e. The number of likely N-dealkylation sites (N-methyl/N-ethyl adjacent to an activating group) is 1. The van der Waals surface area contributed by atoms with E-state index >= 15 is 0 Å². The number of hydrogen-bond donors (Lipinski definition) is 0. The summed E-state index contributed by atoms with van der Waals surface area (Å²) in [6.07, 6.45) is 3.79. The Balaban J connectivity index is 1.76. The van der Waals surface area contributed by atoms with Gasteiger partial charge in [0.25, 0.3) is 0 Å². The predicted molar refractivity (Wildman–Crippen MR) is 99.6 cm³/mol. The van der Waals surface area contributed by atoms with Crippen LogP contribution >= 0.6 is 11.6 Å². The summed E-state index contributed by atoms with van der Waals surface area (Å²) in [5.74, 6) is -0.351. The van der Waals surface area contributed by atoms with Crippen molar-refractivity contribution in [1.82, 2.24) is 14.5 Å². The summed E-state index contributed by atoms with van der Waals surface area (Å²) >= 11 is 6.06. The third-order valence-electron chi connectivity index (χ3n) is 5.08. The lowest BCUT2D eigenvalue weighted by molar-refractivity contribution is 0.309.